The first-order valence-electron chi connectivity index (χ1n) is 6.38. The van der Waals surface area contributed by atoms with Crippen molar-refractivity contribution >= 4 is 44.6 Å². The maximum atomic E-state index is 13.0. The maximum Gasteiger partial charge on any atom is 0.222 e. The largest absolute Gasteiger partial charge is 0.370 e. The molecule has 0 saturated carbocycles. The van der Waals surface area contributed by atoms with E-state index in [-0.39, 0.29) is 17.7 Å². The second-order valence-corrected chi connectivity index (χ2v) is 6.15. The Kier molecular flexibility index (Phi) is 4.79. The van der Waals surface area contributed by atoms with Gasteiger partial charge in [0.1, 0.15) is 5.82 Å². The molecule has 0 aliphatic heterocycles. The van der Waals surface area contributed by atoms with Crippen molar-refractivity contribution in [2.45, 2.75) is 0 Å². The molecule has 0 amide bonds. The van der Waals surface area contributed by atoms with E-state index in [1.165, 1.54) is 12.1 Å². The predicted molar refractivity (Wildman–Crippen MR) is 93.6 cm³/mol. The van der Waals surface area contributed by atoms with E-state index in [2.05, 4.69) is 10.3 Å². The molecule has 0 spiro atoms. The van der Waals surface area contributed by atoms with Crippen LogP contribution in [0.5, 0.6) is 0 Å². The number of hydrogen-bond donors (Lipinski definition) is 4. The van der Waals surface area contributed by atoms with Gasteiger partial charge in [0.05, 0.1) is 5.02 Å². The lowest BCUT2D eigenvalue weighted by Crippen LogP contribution is -2.26. The van der Waals surface area contributed by atoms with Gasteiger partial charge >= 0.3 is 0 Å². The zero-order valence-electron chi connectivity index (χ0n) is 11.8. The summed E-state index contributed by atoms with van der Waals surface area (Å²) in [4.78, 5) is 3.59. The first-order valence-corrected chi connectivity index (χ1v) is 7.76. The van der Waals surface area contributed by atoms with Crippen molar-refractivity contribution in [2.24, 2.45) is 16.5 Å². The van der Waals surface area contributed by atoms with Crippen molar-refractivity contribution in [1.29, 1.82) is 5.41 Å². The number of guanidine groups is 2. The first kappa shape index (κ1) is 16.0. The highest BCUT2D eigenvalue weighted by Crippen LogP contribution is 2.28. The van der Waals surface area contributed by atoms with Gasteiger partial charge in [-0.25, -0.2) is 4.39 Å². The van der Waals surface area contributed by atoms with E-state index < -0.39 is 0 Å². The molecule has 0 saturated heterocycles. The number of nitrogens with one attached hydrogen (secondary N) is 2. The molecule has 5 nitrogen and oxygen atoms in total. The fourth-order valence-electron chi connectivity index (χ4n) is 2.09. The number of nitrogens with zero attached hydrogens (tertiary/aromatic N) is 1. The summed E-state index contributed by atoms with van der Waals surface area (Å²) in [6.45, 7) is 0. The average molecular weight is 336 g/mol. The minimum atomic E-state index is -0.293. The van der Waals surface area contributed by atoms with Crippen molar-refractivity contribution in [2.75, 3.05) is 5.32 Å². The van der Waals surface area contributed by atoms with Crippen LogP contribution in [0.3, 0.4) is 0 Å². The Bertz CT molecular complexity index is 718. The molecular weight excluding hydrogens is 321 g/mol. The van der Waals surface area contributed by atoms with Crippen molar-refractivity contribution in [1.82, 2.24) is 0 Å². The van der Waals surface area contributed by atoms with Gasteiger partial charge in [0.15, 0.2) is 5.96 Å². The summed E-state index contributed by atoms with van der Waals surface area (Å²) in [6, 6.07) is 9.71. The zero-order valence-corrected chi connectivity index (χ0v) is 14.6. The molecule has 0 heterocycles. The smallest absolute Gasteiger partial charge is 0.222 e. The summed E-state index contributed by atoms with van der Waals surface area (Å²) in [5, 5.41) is 11.9. The van der Waals surface area contributed by atoms with Crippen LogP contribution in [-0.2, 0) is 0 Å². The van der Waals surface area contributed by atoms with Gasteiger partial charge in [0.25, 0.3) is 0 Å². The molecule has 0 radical (unpaired) electrons. The molecule has 8 heteroatoms. The van der Waals surface area contributed by atoms with Crippen molar-refractivity contribution in [3.8, 4) is 11.1 Å². The summed E-state index contributed by atoms with van der Waals surface area (Å²) in [7, 11) is 0.730. The van der Waals surface area contributed by atoms with Crippen molar-refractivity contribution in [3.05, 3.63) is 47.2 Å². The van der Waals surface area contributed by atoms with Crippen LogP contribution in [0.4, 0.5) is 10.1 Å². The van der Waals surface area contributed by atoms with Crippen LogP contribution >= 0.6 is 11.6 Å². The van der Waals surface area contributed by atoms with E-state index in [0.29, 0.717) is 10.7 Å². The molecule has 2 aromatic carbocycles. The van der Waals surface area contributed by atoms with E-state index >= 15 is 0 Å². The number of hydrogen-bond acceptors (Lipinski definition) is 1. The topological polar surface area (TPSA) is 100 Å². The summed E-state index contributed by atoms with van der Waals surface area (Å²) in [6.07, 6.45) is 0. The van der Waals surface area contributed by atoms with E-state index in [1.807, 2.05) is 6.07 Å². The third-order valence-electron chi connectivity index (χ3n) is 2.92. The molecule has 0 aliphatic rings. The highest BCUT2D eigenvalue weighted by atomic mass is 35.5. The lowest BCUT2D eigenvalue weighted by atomic mass is 10.0. The van der Waals surface area contributed by atoms with Crippen LogP contribution < -0.4 is 22.0 Å². The average Bonchev–Trinajstić information content (AvgIpc) is 2.39. The number of rotatable bonds is 2. The highest BCUT2D eigenvalue weighted by molar-refractivity contribution is 6.42. The second kappa shape index (κ2) is 6.59. The summed E-state index contributed by atoms with van der Waals surface area (Å²) >= 11 is 6.33. The minimum absolute atomic E-state index is 0.174. The van der Waals surface area contributed by atoms with Gasteiger partial charge in [0, 0.05) is 15.9 Å². The molecule has 22 heavy (non-hydrogen) atoms. The van der Waals surface area contributed by atoms with E-state index in [9.17, 15) is 4.39 Å². The number of anilines is 1. The Morgan fingerprint density at radius 3 is 2.41 bits per heavy atom. The van der Waals surface area contributed by atoms with Gasteiger partial charge in [0.2, 0.25) is 5.96 Å². The predicted octanol–water partition coefficient (Wildman–Crippen LogP) is 0.757. The van der Waals surface area contributed by atoms with Crippen LogP contribution in [-0.4, -0.2) is 22.2 Å². The fourth-order valence-corrected chi connectivity index (χ4v) is 3.50. The van der Waals surface area contributed by atoms with Gasteiger partial charge in [-0.3, -0.25) is 5.41 Å². The quantitative estimate of drug-likeness (QED) is 0.370. The minimum Gasteiger partial charge on any atom is -0.370 e. The Balaban J connectivity index is 2.35. The van der Waals surface area contributed by atoms with Crippen LogP contribution in [0.1, 0.15) is 0 Å². The molecular formula is C14H15ClFN5Si. The van der Waals surface area contributed by atoms with Gasteiger partial charge in [-0.05, 0) is 35.4 Å². The Morgan fingerprint density at radius 2 is 1.86 bits per heavy atom. The summed E-state index contributed by atoms with van der Waals surface area (Å²) < 4.78 is 13.0. The van der Waals surface area contributed by atoms with Gasteiger partial charge in [-0.2, -0.15) is 4.99 Å². The highest BCUT2D eigenvalue weighted by Gasteiger charge is 2.10. The number of benzene rings is 2. The molecule has 2 aromatic rings. The van der Waals surface area contributed by atoms with Gasteiger partial charge in [-0.1, -0.05) is 28.9 Å². The molecule has 0 aliphatic carbocycles. The normalized spacial score (nSPS) is 10.3. The molecule has 114 valence electrons. The van der Waals surface area contributed by atoms with Gasteiger partial charge < -0.3 is 16.8 Å². The van der Waals surface area contributed by atoms with Crippen molar-refractivity contribution < 1.29 is 4.39 Å². The third kappa shape index (κ3) is 3.83. The van der Waals surface area contributed by atoms with Crippen LogP contribution in [0.25, 0.3) is 11.1 Å². The maximum absolute atomic E-state index is 13.0. The Hall–Kier alpha value is -2.38. The van der Waals surface area contributed by atoms with E-state index in [0.717, 1.165) is 26.6 Å². The second-order valence-electron chi connectivity index (χ2n) is 4.67. The third-order valence-corrected chi connectivity index (χ3v) is 4.01. The molecule has 0 aromatic heterocycles. The van der Waals surface area contributed by atoms with Crippen LogP contribution in [0, 0.1) is 11.2 Å². The lowest BCUT2D eigenvalue weighted by Gasteiger charge is -2.12. The molecule has 2 rings (SSSR count). The lowest BCUT2D eigenvalue weighted by molar-refractivity contribution is 0.628. The van der Waals surface area contributed by atoms with Gasteiger partial charge in [-0.15, -0.1) is 0 Å². The molecule has 0 fully saturated rings. The number of aliphatic imine (C=N–C) groups is 1. The fraction of sp³-hybridized carbons (Fsp3) is 0. The zero-order chi connectivity index (χ0) is 16.3. The number of halogens is 2. The Morgan fingerprint density at radius 1 is 1.23 bits per heavy atom. The van der Waals surface area contributed by atoms with Crippen LogP contribution in [0.2, 0.25) is 5.02 Å². The van der Waals surface area contributed by atoms with Crippen molar-refractivity contribution in [3.63, 3.8) is 0 Å². The number of nitrogens with two attached hydrogens (primary N) is 2. The summed E-state index contributed by atoms with van der Waals surface area (Å²) in [5.41, 5.74) is 12.8. The molecule has 0 unspecified atom stereocenters. The monoisotopic (exact) mass is 335 g/mol. The van der Waals surface area contributed by atoms with E-state index in [4.69, 9.17) is 28.5 Å². The van der Waals surface area contributed by atoms with E-state index in [1.54, 1.807) is 18.2 Å². The Labute approximate surface area is 135 Å². The first-order chi connectivity index (χ1) is 10.4. The SMILES string of the molecule is N=C(N=C(N)N)Nc1cc([SiH3])c(-c2ccc(F)cc2)c(Cl)c1. The molecule has 0 atom stereocenters. The van der Waals surface area contributed by atoms with Crippen LogP contribution in [0.15, 0.2) is 41.4 Å². The molecule has 0 bridgehead atoms. The standard InChI is InChI=1S/C14H15ClFN5Si/c15-10-5-9(20-14(19)21-13(17)18)6-11(22)12(10)7-1-3-8(16)4-2-7/h1-6H,22H3,(H6,17,18,19,20,21). The molecule has 6 N–H and O–H groups in total. The summed E-state index contributed by atoms with van der Waals surface area (Å²) in [5.74, 6) is -0.664.